The molecule has 2 aromatic rings. The molecule has 0 atom stereocenters. The fourth-order valence-electron chi connectivity index (χ4n) is 1.88. The van der Waals surface area contributed by atoms with Crippen LogP contribution in [0.1, 0.15) is 10.4 Å². The molecule has 0 bridgehead atoms. The molecular weight excluding hydrogens is 393 g/mol. The van der Waals surface area contributed by atoms with Crippen molar-refractivity contribution in [1.29, 1.82) is 0 Å². The SMILES string of the molecule is COc1ccc(NC(=O)c2cc(Cl)cc(Cl)c2OC)cc1Br. The first-order chi connectivity index (χ1) is 10.5. The van der Waals surface area contributed by atoms with Gasteiger partial charge in [0.2, 0.25) is 0 Å². The number of carbonyl (C=O) groups is 1. The number of hydrogen-bond donors (Lipinski definition) is 1. The topological polar surface area (TPSA) is 47.6 Å². The van der Waals surface area contributed by atoms with Crippen LogP contribution in [0, 0.1) is 0 Å². The van der Waals surface area contributed by atoms with Gasteiger partial charge in [-0.3, -0.25) is 4.79 Å². The van der Waals surface area contributed by atoms with Gasteiger partial charge in [0.25, 0.3) is 5.91 Å². The maximum atomic E-state index is 12.4. The Bertz CT molecular complexity index is 722. The van der Waals surface area contributed by atoms with E-state index in [-0.39, 0.29) is 22.2 Å². The summed E-state index contributed by atoms with van der Waals surface area (Å²) in [5.74, 6) is 0.566. The summed E-state index contributed by atoms with van der Waals surface area (Å²) < 4.78 is 11.0. The molecule has 1 amide bonds. The highest BCUT2D eigenvalue weighted by Crippen LogP contribution is 2.33. The minimum Gasteiger partial charge on any atom is -0.496 e. The van der Waals surface area contributed by atoms with Crippen LogP contribution in [0.25, 0.3) is 0 Å². The minimum absolute atomic E-state index is 0.256. The number of halogens is 3. The summed E-state index contributed by atoms with van der Waals surface area (Å²) in [5, 5.41) is 3.39. The molecule has 2 aromatic carbocycles. The molecular formula is C15H12BrCl2NO3. The van der Waals surface area contributed by atoms with Crippen molar-refractivity contribution < 1.29 is 14.3 Å². The number of benzene rings is 2. The number of methoxy groups -OCH3 is 2. The Kier molecular flexibility index (Phi) is 5.56. The maximum Gasteiger partial charge on any atom is 0.259 e. The molecule has 1 N–H and O–H groups in total. The molecule has 0 radical (unpaired) electrons. The molecule has 0 spiro atoms. The van der Waals surface area contributed by atoms with E-state index in [0.29, 0.717) is 16.5 Å². The molecule has 0 aromatic heterocycles. The molecule has 0 unspecified atom stereocenters. The van der Waals surface area contributed by atoms with E-state index >= 15 is 0 Å². The molecule has 0 saturated carbocycles. The molecule has 22 heavy (non-hydrogen) atoms. The molecule has 4 nitrogen and oxygen atoms in total. The van der Waals surface area contributed by atoms with Gasteiger partial charge in [-0.2, -0.15) is 0 Å². The summed E-state index contributed by atoms with van der Waals surface area (Å²) in [6.45, 7) is 0. The zero-order valence-electron chi connectivity index (χ0n) is 11.7. The Hall–Kier alpha value is -1.43. The summed E-state index contributed by atoms with van der Waals surface area (Å²) in [5.41, 5.74) is 0.850. The average molecular weight is 405 g/mol. The van der Waals surface area contributed by atoms with Crippen molar-refractivity contribution in [2.75, 3.05) is 19.5 Å². The third-order valence-corrected chi connectivity index (χ3v) is 3.99. The first kappa shape index (κ1) is 16.9. The zero-order valence-corrected chi connectivity index (χ0v) is 14.8. The number of carbonyl (C=O) groups excluding carboxylic acids is 1. The van der Waals surface area contributed by atoms with Crippen LogP contribution in [0.5, 0.6) is 11.5 Å². The Morgan fingerprint density at radius 1 is 1.14 bits per heavy atom. The van der Waals surface area contributed by atoms with Crippen LogP contribution in [-0.4, -0.2) is 20.1 Å². The molecule has 0 heterocycles. The predicted octanol–water partition coefficient (Wildman–Crippen LogP) is 5.03. The monoisotopic (exact) mass is 403 g/mol. The first-order valence-electron chi connectivity index (χ1n) is 6.14. The molecule has 0 aliphatic heterocycles. The van der Waals surface area contributed by atoms with Crippen molar-refractivity contribution in [2.45, 2.75) is 0 Å². The fraction of sp³-hybridized carbons (Fsp3) is 0.133. The number of rotatable bonds is 4. The zero-order chi connectivity index (χ0) is 16.3. The van der Waals surface area contributed by atoms with Crippen molar-refractivity contribution in [2.24, 2.45) is 0 Å². The van der Waals surface area contributed by atoms with E-state index in [4.69, 9.17) is 32.7 Å². The van der Waals surface area contributed by atoms with Crippen molar-refractivity contribution in [3.05, 3.63) is 50.4 Å². The van der Waals surface area contributed by atoms with Crippen molar-refractivity contribution in [3.8, 4) is 11.5 Å². The number of anilines is 1. The van der Waals surface area contributed by atoms with E-state index in [1.165, 1.54) is 19.2 Å². The fourth-order valence-corrected chi connectivity index (χ4v) is 2.99. The van der Waals surface area contributed by atoms with Gasteiger partial charge in [-0.15, -0.1) is 0 Å². The van der Waals surface area contributed by atoms with Crippen LogP contribution < -0.4 is 14.8 Å². The second kappa shape index (κ2) is 7.22. The highest BCUT2D eigenvalue weighted by atomic mass is 79.9. The van der Waals surface area contributed by atoms with Crippen molar-refractivity contribution in [1.82, 2.24) is 0 Å². The van der Waals surface area contributed by atoms with E-state index < -0.39 is 0 Å². The summed E-state index contributed by atoms with van der Waals surface area (Å²) in [6, 6.07) is 8.21. The molecule has 0 aliphatic carbocycles. The van der Waals surface area contributed by atoms with Crippen LogP contribution in [0.4, 0.5) is 5.69 Å². The number of ether oxygens (including phenoxy) is 2. The van der Waals surface area contributed by atoms with Crippen LogP contribution in [-0.2, 0) is 0 Å². The smallest absolute Gasteiger partial charge is 0.259 e. The van der Waals surface area contributed by atoms with Crippen LogP contribution >= 0.6 is 39.1 Å². The number of hydrogen-bond acceptors (Lipinski definition) is 3. The van der Waals surface area contributed by atoms with Gasteiger partial charge < -0.3 is 14.8 Å². The molecule has 0 saturated heterocycles. The van der Waals surface area contributed by atoms with Gasteiger partial charge in [0.15, 0.2) is 0 Å². The third-order valence-electron chi connectivity index (χ3n) is 2.87. The summed E-state index contributed by atoms with van der Waals surface area (Å²) in [4.78, 5) is 12.4. The number of amides is 1. The normalized spacial score (nSPS) is 10.2. The Morgan fingerprint density at radius 2 is 1.86 bits per heavy atom. The van der Waals surface area contributed by atoms with Crippen LogP contribution in [0.15, 0.2) is 34.8 Å². The predicted molar refractivity (Wildman–Crippen MR) is 91.7 cm³/mol. The van der Waals surface area contributed by atoms with Crippen LogP contribution in [0.3, 0.4) is 0 Å². The van der Waals surface area contributed by atoms with Gasteiger partial charge >= 0.3 is 0 Å². The summed E-state index contributed by atoms with van der Waals surface area (Å²) in [6.07, 6.45) is 0. The molecule has 2 rings (SSSR count). The van der Waals surface area contributed by atoms with Crippen LogP contribution in [0.2, 0.25) is 10.0 Å². The quantitative estimate of drug-likeness (QED) is 0.777. The lowest BCUT2D eigenvalue weighted by Crippen LogP contribution is -2.13. The van der Waals surface area contributed by atoms with Gasteiger partial charge in [0.1, 0.15) is 11.5 Å². The first-order valence-corrected chi connectivity index (χ1v) is 7.69. The van der Waals surface area contributed by atoms with Crippen molar-refractivity contribution in [3.63, 3.8) is 0 Å². The number of nitrogens with one attached hydrogen (secondary N) is 1. The van der Waals surface area contributed by atoms with Gasteiger partial charge in [-0.1, -0.05) is 23.2 Å². The van der Waals surface area contributed by atoms with E-state index in [9.17, 15) is 4.79 Å². The summed E-state index contributed by atoms with van der Waals surface area (Å²) in [7, 11) is 3.01. The highest BCUT2D eigenvalue weighted by Gasteiger charge is 2.17. The summed E-state index contributed by atoms with van der Waals surface area (Å²) >= 11 is 15.3. The molecule has 116 valence electrons. The minimum atomic E-state index is -0.377. The molecule has 0 fully saturated rings. The Labute approximate surface area is 146 Å². The largest absolute Gasteiger partial charge is 0.496 e. The molecule has 0 aliphatic rings. The van der Waals surface area contributed by atoms with Crippen molar-refractivity contribution >= 4 is 50.7 Å². The lowest BCUT2D eigenvalue weighted by Gasteiger charge is -2.12. The maximum absolute atomic E-state index is 12.4. The van der Waals surface area contributed by atoms with E-state index in [0.717, 1.165) is 4.47 Å². The standard InChI is InChI=1S/C15H12BrCl2NO3/c1-21-13-4-3-9(7-11(13)16)19-15(20)10-5-8(17)6-12(18)14(10)22-2/h3-7H,1-2H3,(H,19,20). The highest BCUT2D eigenvalue weighted by molar-refractivity contribution is 9.10. The third kappa shape index (κ3) is 3.66. The lowest BCUT2D eigenvalue weighted by atomic mass is 10.1. The molecule has 7 heteroatoms. The van der Waals surface area contributed by atoms with Gasteiger partial charge in [0.05, 0.1) is 29.3 Å². The average Bonchev–Trinajstić information content (AvgIpc) is 2.46. The van der Waals surface area contributed by atoms with Gasteiger partial charge in [-0.05, 0) is 46.3 Å². The second-order valence-corrected chi connectivity index (χ2v) is 5.97. The van der Waals surface area contributed by atoms with E-state index in [1.54, 1.807) is 25.3 Å². The lowest BCUT2D eigenvalue weighted by molar-refractivity contribution is 0.102. The van der Waals surface area contributed by atoms with E-state index in [2.05, 4.69) is 21.2 Å². The Balaban J connectivity index is 2.31. The second-order valence-electron chi connectivity index (χ2n) is 4.27. The van der Waals surface area contributed by atoms with Gasteiger partial charge in [-0.25, -0.2) is 0 Å². The Morgan fingerprint density at radius 3 is 2.45 bits per heavy atom. The van der Waals surface area contributed by atoms with Gasteiger partial charge in [0, 0.05) is 10.7 Å². The van der Waals surface area contributed by atoms with E-state index in [1.807, 2.05) is 0 Å².